The van der Waals surface area contributed by atoms with E-state index in [9.17, 15) is 4.79 Å². The third-order valence-corrected chi connectivity index (χ3v) is 2.90. The number of rotatable bonds is 3. The summed E-state index contributed by atoms with van der Waals surface area (Å²) in [4.78, 5) is 15.3. The summed E-state index contributed by atoms with van der Waals surface area (Å²) >= 11 is 5.47. The van der Waals surface area contributed by atoms with Crippen LogP contribution >= 0.6 is 11.6 Å². The van der Waals surface area contributed by atoms with Crippen molar-refractivity contribution in [3.63, 3.8) is 0 Å². The third kappa shape index (κ3) is 2.35. The van der Waals surface area contributed by atoms with E-state index in [0.29, 0.717) is 12.1 Å². The first-order valence-corrected chi connectivity index (χ1v) is 5.15. The van der Waals surface area contributed by atoms with Gasteiger partial charge in [-0.2, -0.15) is 0 Å². The van der Waals surface area contributed by atoms with Crippen LogP contribution in [0, 0.1) is 0 Å². The molecule has 0 aromatic carbocycles. The number of likely N-dealkylation sites (N-methyl/N-ethyl adjacent to an activating group) is 1. The van der Waals surface area contributed by atoms with Crippen LogP contribution in [-0.2, 0) is 4.79 Å². The Balaban J connectivity index is 2.30. The highest BCUT2D eigenvalue weighted by Crippen LogP contribution is 2.16. The average molecular weight is 205 g/mol. The normalized spacial score (nSPS) is 18.8. The Kier molecular flexibility index (Phi) is 3.56. The van der Waals surface area contributed by atoms with E-state index >= 15 is 0 Å². The lowest BCUT2D eigenvalue weighted by Gasteiger charge is -2.46. The van der Waals surface area contributed by atoms with Crippen molar-refractivity contribution in [3.8, 4) is 0 Å². The molecule has 0 N–H and O–H groups in total. The van der Waals surface area contributed by atoms with E-state index in [-0.39, 0.29) is 11.8 Å². The van der Waals surface area contributed by atoms with Gasteiger partial charge in [-0.1, -0.05) is 0 Å². The molecule has 0 aromatic rings. The van der Waals surface area contributed by atoms with E-state index in [1.165, 1.54) is 0 Å². The van der Waals surface area contributed by atoms with E-state index in [1.807, 2.05) is 7.05 Å². The van der Waals surface area contributed by atoms with Crippen LogP contribution in [0.25, 0.3) is 0 Å². The standard InChI is InChI=1S/C9H17ClN2O/c1-7(2)12-5-8(6-12)11(3)9(13)4-10/h7-8H,4-6H2,1-3H3. The summed E-state index contributed by atoms with van der Waals surface area (Å²) < 4.78 is 0. The van der Waals surface area contributed by atoms with Crippen LogP contribution in [0.15, 0.2) is 0 Å². The summed E-state index contributed by atoms with van der Waals surface area (Å²) in [5.41, 5.74) is 0. The molecule has 1 fully saturated rings. The number of hydrogen-bond donors (Lipinski definition) is 0. The highest BCUT2D eigenvalue weighted by molar-refractivity contribution is 6.27. The molecular formula is C9H17ClN2O. The maximum absolute atomic E-state index is 11.2. The van der Waals surface area contributed by atoms with E-state index < -0.39 is 0 Å². The molecule has 1 rings (SSSR count). The summed E-state index contributed by atoms with van der Waals surface area (Å²) in [5.74, 6) is 0.115. The third-order valence-electron chi connectivity index (χ3n) is 2.68. The molecular weight excluding hydrogens is 188 g/mol. The van der Waals surface area contributed by atoms with Crippen LogP contribution in [0.2, 0.25) is 0 Å². The maximum Gasteiger partial charge on any atom is 0.237 e. The molecule has 0 saturated carbocycles. The smallest absolute Gasteiger partial charge is 0.237 e. The molecule has 4 heteroatoms. The first-order chi connectivity index (χ1) is 6.06. The molecule has 1 amide bonds. The molecule has 13 heavy (non-hydrogen) atoms. The van der Waals surface area contributed by atoms with Gasteiger partial charge in [-0.05, 0) is 13.8 Å². The topological polar surface area (TPSA) is 23.6 Å². The highest BCUT2D eigenvalue weighted by atomic mass is 35.5. The van der Waals surface area contributed by atoms with Gasteiger partial charge < -0.3 is 4.90 Å². The molecule has 0 unspecified atom stereocenters. The number of halogens is 1. The molecule has 1 aliphatic rings. The molecule has 76 valence electrons. The maximum atomic E-state index is 11.2. The van der Waals surface area contributed by atoms with Crippen LogP contribution in [0.5, 0.6) is 0 Å². The number of nitrogens with zero attached hydrogens (tertiary/aromatic N) is 2. The Labute approximate surface area is 84.6 Å². The van der Waals surface area contributed by atoms with Gasteiger partial charge in [0.25, 0.3) is 0 Å². The summed E-state index contributed by atoms with van der Waals surface area (Å²) in [6, 6.07) is 0.949. The van der Waals surface area contributed by atoms with Crippen molar-refractivity contribution in [2.75, 3.05) is 26.0 Å². The lowest BCUT2D eigenvalue weighted by molar-refractivity contribution is -0.133. The molecule has 0 bridgehead atoms. The van der Waals surface area contributed by atoms with Gasteiger partial charge in [0.1, 0.15) is 5.88 Å². The minimum absolute atomic E-state index is 0.0232. The quantitative estimate of drug-likeness (QED) is 0.635. The number of carbonyl (C=O) groups excluding carboxylic acids is 1. The zero-order valence-electron chi connectivity index (χ0n) is 8.46. The minimum Gasteiger partial charge on any atom is -0.339 e. The monoisotopic (exact) mass is 204 g/mol. The number of likely N-dealkylation sites (tertiary alicyclic amines) is 1. The van der Waals surface area contributed by atoms with Crippen molar-refractivity contribution >= 4 is 17.5 Å². The predicted octanol–water partition coefficient (Wildman–Crippen LogP) is 0.776. The lowest BCUT2D eigenvalue weighted by Crippen LogP contribution is -2.61. The molecule has 3 nitrogen and oxygen atoms in total. The van der Waals surface area contributed by atoms with Crippen LogP contribution in [0.4, 0.5) is 0 Å². The largest absolute Gasteiger partial charge is 0.339 e. The second kappa shape index (κ2) is 4.29. The first-order valence-electron chi connectivity index (χ1n) is 4.62. The van der Waals surface area contributed by atoms with Crippen LogP contribution < -0.4 is 0 Å². The Morgan fingerprint density at radius 2 is 2.15 bits per heavy atom. The first kappa shape index (κ1) is 10.8. The van der Waals surface area contributed by atoms with Crippen LogP contribution in [-0.4, -0.2) is 53.8 Å². The van der Waals surface area contributed by atoms with E-state index in [2.05, 4.69) is 18.7 Å². The van der Waals surface area contributed by atoms with Crippen LogP contribution in [0.3, 0.4) is 0 Å². The van der Waals surface area contributed by atoms with Crippen molar-refractivity contribution in [1.29, 1.82) is 0 Å². The number of hydrogen-bond acceptors (Lipinski definition) is 2. The molecule has 0 radical (unpaired) electrons. The van der Waals surface area contributed by atoms with Crippen molar-refractivity contribution in [2.24, 2.45) is 0 Å². The van der Waals surface area contributed by atoms with E-state index in [1.54, 1.807) is 4.90 Å². The molecule has 0 aliphatic carbocycles. The van der Waals surface area contributed by atoms with E-state index in [0.717, 1.165) is 13.1 Å². The summed E-state index contributed by atoms with van der Waals surface area (Å²) in [5, 5.41) is 0. The molecule has 1 heterocycles. The highest BCUT2D eigenvalue weighted by Gasteiger charge is 2.32. The van der Waals surface area contributed by atoms with Crippen LogP contribution in [0.1, 0.15) is 13.8 Å². The van der Waals surface area contributed by atoms with Gasteiger partial charge >= 0.3 is 0 Å². The van der Waals surface area contributed by atoms with Crippen molar-refractivity contribution < 1.29 is 4.79 Å². The molecule has 0 aromatic heterocycles. The number of amides is 1. The van der Waals surface area contributed by atoms with Gasteiger partial charge in [-0.15, -0.1) is 11.6 Å². The predicted molar refractivity (Wildman–Crippen MR) is 54.0 cm³/mol. The van der Waals surface area contributed by atoms with Crippen molar-refractivity contribution in [2.45, 2.75) is 25.9 Å². The van der Waals surface area contributed by atoms with E-state index in [4.69, 9.17) is 11.6 Å². The minimum atomic E-state index is 0.0232. The number of carbonyl (C=O) groups is 1. The van der Waals surface area contributed by atoms with Crippen molar-refractivity contribution in [3.05, 3.63) is 0 Å². The summed E-state index contributed by atoms with van der Waals surface area (Å²) in [7, 11) is 1.83. The fraction of sp³-hybridized carbons (Fsp3) is 0.889. The lowest BCUT2D eigenvalue weighted by atomic mass is 10.1. The van der Waals surface area contributed by atoms with Gasteiger partial charge in [0.05, 0.1) is 6.04 Å². The molecule has 1 aliphatic heterocycles. The zero-order valence-corrected chi connectivity index (χ0v) is 9.21. The molecule has 0 atom stereocenters. The Morgan fingerprint density at radius 3 is 2.54 bits per heavy atom. The van der Waals surface area contributed by atoms with Gasteiger partial charge in [0, 0.05) is 26.2 Å². The Morgan fingerprint density at radius 1 is 1.62 bits per heavy atom. The average Bonchev–Trinajstić information content (AvgIpc) is 1.99. The van der Waals surface area contributed by atoms with Gasteiger partial charge in [0.15, 0.2) is 0 Å². The second-order valence-corrected chi connectivity index (χ2v) is 4.11. The fourth-order valence-corrected chi connectivity index (χ4v) is 1.64. The van der Waals surface area contributed by atoms with Gasteiger partial charge in [-0.3, -0.25) is 9.69 Å². The Bertz CT molecular complexity index is 190. The second-order valence-electron chi connectivity index (χ2n) is 3.84. The summed E-state index contributed by atoms with van der Waals surface area (Å²) in [6.07, 6.45) is 0. The van der Waals surface area contributed by atoms with Crippen molar-refractivity contribution in [1.82, 2.24) is 9.80 Å². The summed E-state index contributed by atoms with van der Waals surface area (Å²) in [6.45, 7) is 6.30. The molecule has 1 saturated heterocycles. The fourth-order valence-electron chi connectivity index (χ4n) is 1.45. The Hall–Kier alpha value is -0.280. The number of alkyl halides is 1. The molecule has 0 spiro atoms. The van der Waals surface area contributed by atoms with Gasteiger partial charge in [-0.25, -0.2) is 0 Å². The SMILES string of the molecule is CC(C)N1CC(N(C)C(=O)CCl)C1. The van der Waals surface area contributed by atoms with Gasteiger partial charge in [0.2, 0.25) is 5.91 Å². The zero-order chi connectivity index (χ0) is 10.0.